The van der Waals surface area contributed by atoms with E-state index < -0.39 is 0 Å². The van der Waals surface area contributed by atoms with Gasteiger partial charge in [0.25, 0.3) is 0 Å². The van der Waals surface area contributed by atoms with E-state index >= 15 is 0 Å². The average molecular weight is 292 g/mol. The van der Waals surface area contributed by atoms with Crippen molar-refractivity contribution in [2.45, 2.75) is 32.9 Å². The average Bonchev–Trinajstić information content (AvgIpc) is 2.35. The number of hydrogen-bond donors (Lipinski definition) is 2. The molecule has 0 heterocycles. The van der Waals surface area contributed by atoms with Crippen LogP contribution in [-0.4, -0.2) is 24.4 Å². The van der Waals surface area contributed by atoms with E-state index in [0.717, 1.165) is 12.0 Å². The molecule has 1 atom stereocenters. The van der Waals surface area contributed by atoms with Crippen LogP contribution in [0.1, 0.15) is 25.8 Å². The van der Waals surface area contributed by atoms with Gasteiger partial charge in [-0.05, 0) is 31.0 Å². The SMILES string of the molecule is CCOc1c(Cl)cc(CN[C@H](CC)CO)cc1Cl. The van der Waals surface area contributed by atoms with Crippen molar-refractivity contribution in [2.75, 3.05) is 13.2 Å². The molecule has 0 saturated heterocycles. The Bertz CT molecular complexity index is 358. The predicted octanol–water partition coefficient (Wildman–Crippen LogP) is 3.25. The maximum atomic E-state index is 9.09. The van der Waals surface area contributed by atoms with Crippen LogP contribution < -0.4 is 10.1 Å². The topological polar surface area (TPSA) is 41.5 Å². The van der Waals surface area contributed by atoms with Crippen LogP contribution in [0.4, 0.5) is 0 Å². The van der Waals surface area contributed by atoms with Gasteiger partial charge in [-0.3, -0.25) is 0 Å². The normalized spacial score (nSPS) is 12.5. The van der Waals surface area contributed by atoms with Crippen LogP contribution in [0, 0.1) is 0 Å². The zero-order valence-corrected chi connectivity index (χ0v) is 12.2. The Morgan fingerprint density at radius 2 is 1.89 bits per heavy atom. The maximum Gasteiger partial charge on any atom is 0.156 e. The highest BCUT2D eigenvalue weighted by atomic mass is 35.5. The summed E-state index contributed by atoms with van der Waals surface area (Å²) in [6.07, 6.45) is 0.870. The lowest BCUT2D eigenvalue weighted by atomic mass is 10.2. The van der Waals surface area contributed by atoms with Crippen molar-refractivity contribution in [3.8, 4) is 5.75 Å². The van der Waals surface area contributed by atoms with Gasteiger partial charge in [0, 0.05) is 12.6 Å². The number of ether oxygens (including phenoxy) is 1. The van der Waals surface area contributed by atoms with Crippen LogP contribution >= 0.6 is 23.2 Å². The summed E-state index contributed by atoms with van der Waals surface area (Å²) in [4.78, 5) is 0. The largest absolute Gasteiger partial charge is 0.491 e. The first-order valence-corrected chi connectivity index (χ1v) is 6.82. The second-order valence-corrected chi connectivity index (χ2v) is 4.80. The van der Waals surface area contributed by atoms with Crippen molar-refractivity contribution in [3.63, 3.8) is 0 Å². The summed E-state index contributed by atoms with van der Waals surface area (Å²) >= 11 is 12.2. The Hall–Kier alpha value is -0.480. The van der Waals surface area contributed by atoms with E-state index in [1.807, 2.05) is 26.0 Å². The Balaban J connectivity index is 2.73. The minimum Gasteiger partial charge on any atom is -0.491 e. The summed E-state index contributed by atoms with van der Waals surface area (Å²) in [7, 11) is 0. The van der Waals surface area contributed by atoms with Crippen molar-refractivity contribution in [3.05, 3.63) is 27.7 Å². The molecule has 0 spiro atoms. The molecule has 1 aromatic rings. The third-order valence-corrected chi connectivity index (χ3v) is 3.22. The number of halogens is 2. The van der Waals surface area contributed by atoms with Gasteiger partial charge in [-0.1, -0.05) is 30.1 Å². The molecule has 0 aliphatic rings. The van der Waals surface area contributed by atoms with E-state index in [1.54, 1.807) is 0 Å². The summed E-state index contributed by atoms with van der Waals surface area (Å²) in [5, 5.41) is 13.4. The molecule has 0 bridgehead atoms. The zero-order chi connectivity index (χ0) is 13.5. The van der Waals surface area contributed by atoms with Gasteiger partial charge in [-0.15, -0.1) is 0 Å². The number of aliphatic hydroxyl groups is 1. The van der Waals surface area contributed by atoms with Gasteiger partial charge < -0.3 is 15.2 Å². The molecule has 0 aliphatic heterocycles. The molecule has 0 saturated carbocycles. The Kier molecular flexibility index (Phi) is 6.79. The first-order valence-electron chi connectivity index (χ1n) is 6.07. The van der Waals surface area contributed by atoms with Crippen molar-refractivity contribution < 1.29 is 9.84 Å². The Morgan fingerprint density at radius 3 is 2.33 bits per heavy atom. The molecule has 0 aliphatic carbocycles. The highest BCUT2D eigenvalue weighted by Gasteiger charge is 2.10. The van der Waals surface area contributed by atoms with E-state index in [2.05, 4.69) is 5.32 Å². The first kappa shape index (κ1) is 15.6. The Labute approximate surface area is 118 Å². The fourth-order valence-electron chi connectivity index (χ4n) is 1.60. The van der Waals surface area contributed by atoms with E-state index in [0.29, 0.717) is 28.9 Å². The second-order valence-electron chi connectivity index (χ2n) is 3.99. The van der Waals surface area contributed by atoms with Crippen LogP contribution in [0.15, 0.2) is 12.1 Å². The lowest BCUT2D eigenvalue weighted by Crippen LogP contribution is -2.31. The highest BCUT2D eigenvalue weighted by Crippen LogP contribution is 2.34. The van der Waals surface area contributed by atoms with Crippen molar-refractivity contribution in [1.82, 2.24) is 5.32 Å². The van der Waals surface area contributed by atoms with Crippen LogP contribution in [-0.2, 0) is 6.54 Å². The standard InChI is InChI=1S/C13H19Cl2NO2/c1-3-10(8-17)16-7-9-5-11(14)13(18-4-2)12(15)6-9/h5-6,10,16-17H,3-4,7-8H2,1-2H3/t10-/m1/s1. The number of nitrogens with one attached hydrogen (secondary N) is 1. The molecule has 0 fully saturated rings. The van der Waals surface area contributed by atoms with Gasteiger partial charge in [0.15, 0.2) is 5.75 Å². The minimum atomic E-state index is 0.0918. The van der Waals surface area contributed by atoms with Crippen LogP contribution in [0.2, 0.25) is 10.0 Å². The fourth-order valence-corrected chi connectivity index (χ4v) is 2.24. The molecular weight excluding hydrogens is 273 g/mol. The summed E-state index contributed by atoms with van der Waals surface area (Å²) < 4.78 is 5.37. The summed E-state index contributed by atoms with van der Waals surface area (Å²) in [5.74, 6) is 0.527. The maximum absolute atomic E-state index is 9.09. The smallest absolute Gasteiger partial charge is 0.156 e. The quantitative estimate of drug-likeness (QED) is 0.810. The monoisotopic (exact) mass is 291 g/mol. The summed E-state index contributed by atoms with van der Waals surface area (Å²) in [6.45, 7) is 5.17. The van der Waals surface area contributed by atoms with Gasteiger partial charge in [-0.25, -0.2) is 0 Å². The van der Waals surface area contributed by atoms with Gasteiger partial charge in [-0.2, -0.15) is 0 Å². The molecule has 5 heteroatoms. The van der Waals surface area contributed by atoms with Gasteiger partial charge in [0.1, 0.15) is 0 Å². The number of hydrogen-bond acceptors (Lipinski definition) is 3. The molecule has 3 nitrogen and oxygen atoms in total. The van der Waals surface area contributed by atoms with E-state index in [1.165, 1.54) is 0 Å². The number of aliphatic hydroxyl groups excluding tert-OH is 1. The summed E-state index contributed by atoms with van der Waals surface area (Å²) in [5.41, 5.74) is 0.973. The minimum absolute atomic E-state index is 0.0918. The van der Waals surface area contributed by atoms with Crippen molar-refractivity contribution >= 4 is 23.2 Å². The third kappa shape index (κ3) is 4.32. The molecule has 1 aromatic carbocycles. The van der Waals surface area contributed by atoms with Gasteiger partial charge >= 0.3 is 0 Å². The van der Waals surface area contributed by atoms with Gasteiger partial charge in [0.05, 0.1) is 23.3 Å². The molecular formula is C13H19Cl2NO2. The molecule has 1 rings (SSSR count). The van der Waals surface area contributed by atoms with Gasteiger partial charge in [0.2, 0.25) is 0 Å². The van der Waals surface area contributed by atoms with Crippen LogP contribution in [0.25, 0.3) is 0 Å². The molecule has 0 unspecified atom stereocenters. The van der Waals surface area contributed by atoms with E-state index in [9.17, 15) is 0 Å². The second kappa shape index (κ2) is 7.85. The lowest BCUT2D eigenvalue weighted by Gasteiger charge is -2.15. The van der Waals surface area contributed by atoms with Crippen molar-refractivity contribution in [2.24, 2.45) is 0 Å². The number of benzene rings is 1. The third-order valence-electron chi connectivity index (χ3n) is 2.65. The van der Waals surface area contributed by atoms with Crippen LogP contribution in [0.3, 0.4) is 0 Å². The predicted molar refractivity (Wildman–Crippen MR) is 75.6 cm³/mol. The molecule has 2 N–H and O–H groups in total. The zero-order valence-electron chi connectivity index (χ0n) is 10.7. The highest BCUT2D eigenvalue weighted by molar-refractivity contribution is 6.37. The molecule has 0 aromatic heterocycles. The van der Waals surface area contributed by atoms with Crippen LogP contribution in [0.5, 0.6) is 5.75 Å². The fraction of sp³-hybridized carbons (Fsp3) is 0.538. The summed E-state index contributed by atoms with van der Waals surface area (Å²) in [6, 6.07) is 3.75. The Morgan fingerprint density at radius 1 is 1.28 bits per heavy atom. The molecule has 102 valence electrons. The first-order chi connectivity index (χ1) is 8.62. The molecule has 0 radical (unpaired) electrons. The molecule has 0 amide bonds. The van der Waals surface area contributed by atoms with Crippen molar-refractivity contribution in [1.29, 1.82) is 0 Å². The number of rotatable bonds is 7. The van der Waals surface area contributed by atoms with E-state index in [-0.39, 0.29) is 12.6 Å². The molecule has 18 heavy (non-hydrogen) atoms. The lowest BCUT2D eigenvalue weighted by molar-refractivity contribution is 0.238. The van der Waals surface area contributed by atoms with E-state index in [4.69, 9.17) is 33.0 Å².